The van der Waals surface area contributed by atoms with E-state index in [1.807, 2.05) is 12.1 Å². The summed E-state index contributed by atoms with van der Waals surface area (Å²) in [6.07, 6.45) is 4.11. The number of benzene rings is 1. The van der Waals surface area contributed by atoms with Crippen LogP contribution in [0.25, 0.3) is 10.2 Å². The van der Waals surface area contributed by atoms with Crippen LogP contribution >= 0.6 is 22.9 Å². The number of H-pyrrole nitrogens is 1. The summed E-state index contributed by atoms with van der Waals surface area (Å²) in [6.45, 7) is 1.34. The molecule has 1 saturated heterocycles. The molecule has 1 aromatic carbocycles. The fourth-order valence-corrected chi connectivity index (χ4v) is 4.69. The molecule has 2 aromatic heterocycles. The molecule has 1 aliphatic heterocycles. The van der Waals surface area contributed by atoms with Gasteiger partial charge in [0, 0.05) is 30.2 Å². The number of hydrogen-bond donors (Lipinski definition) is 1. The first kappa shape index (κ1) is 19.7. The van der Waals surface area contributed by atoms with Gasteiger partial charge in [-0.1, -0.05) is 22.9 Å². The lowest BCUT2D eigenvalue weighted by atomic mass is 9.95. The second kappa shape index (κ2) is 8.38. The number of thiazole rings is 1. The van der Waals surface area contributed by atoms with Gasteiger partial charge in [0.2, 0.25) is 5.91 Å². The van der Waals surface area contributed by atoms with Crippen molar-refractivity contribution < 1.29 is 14.3 Å². The Kier molecular flexibility index (Phi) is 5.68. The molecule has 29 heavy (non-hydrogen) atoms. The summed E-state index contributed by atoms with van der Waals surface area (Å²) in [5.41, 5.74) is 1.62. The van der Waals surface area contributed by atoms with Crippen molar-refractivity contribution in [3.8, 4) is 0 Å². The van der Waals surface area contributed by atoms with Crippen LogP contribution in [0.15, 0.2) is 30.7 Å². The van der Waals surface area contributed by atoms with Crippen molar-refractivity contribution in [1.82, 2.24) is 19.9 Å². The van der Waals surface area contributed by atoms with Crippen LogP contribution < -0.4 is 4.90 Å². The molecular weight excluding hydrogens is 414 g/mol. The number of nitrogens with one attached hydrogen (secondary N) is 1. The molecule has 4 rings (SSSR count). The van der Waals surface area contributed by atoms with Gasteiger partial charge in [-0.3, -0.25) is 9.69 Å². The van der Waals surface area contributed by atoms with Crippen LogP contribution in [-0.4, -0.2) is 52.1 Å². The molecule has 0 unspecified atom stereocenters. The third-order valence-corrected chi connectivity index (χ3v) is 6.27. The van der Waals surface area contributed by atoms with Crippen molar-refractivity contribution in [2.45, 2.75) is 19.4 Å². The van der Waals surface area contributed by atoms with Gasteiger partial charge >= 0.3 is 6.09 Å². The molecule has 3 aromatic rings. The number of piperidine rings is 1. The van der Waals surface area contributed by atoms with Gasteiger partial charge < -0.3 is 14.6 Å². The molecule has 0 saturated carbocycles. The van der Waals surface area contributed by atoms with Crippen LogP contribution in [0.4, 0.5) is 9.93 Å². The van der Waals surface area contributed by atoms with Crippen molar-refractivity contribution in [1.29, 1.82) is 0 Å². The summed E-state index contributed by atoms with van der Waals surface area (Å²) in [5.74, 6) is -0.191. The third kappa shape index (κ3) is 4.20. The zero-order chi connectivity index (χ0) is 20.4. The van der Waals surface area contributed by atoms with Gasteiger partial charge in [0.25, 0.3) is 0 Å². The van der Waals surface area contributed by atoms with E-state index >= 15 is 0 Å². The van der Waals surface area contributed by atoms with Gasteiger partial charge in [-0.2, -0.15) is 0 Å². The van der Waals surface area contributed by atoms with Crippen LogP contribution in [0.3, 0.4) is 0 Å². The highest BCUT2D eigenvalue weighted by atomic mass is 35.5. The number of methoxy groups -OCH3 is 1. The highest BCUT2D eigenvalue weighted by Gasteiger charge is 2.32. The first-order valence-corrected chi connectivity index (χ1v) is 10.4. The van der Waals surface area contributed by atoms with Crippen molar-refractivity contribution >= 4 is 50.3 Å². The molecule has 1 aliphatic rings. The molecule has 1 fully saturated rings. The lowest BCUT2D eigenvalue weighted by Gasteiger charge is -2.32. The average Bonchev–Trinajstić information content (AvgIpc) is 3.40. The van der Waals surface area contributed by atoms with Gasteiger partial charge in [-0.25, -0.2) is 14.8 Å². The van der Waals surface area contributed by atoms with Gasteiger partial charge in [-0.15, -0.1) is 0 Å². The molecule has 3 heterocycles. The predicted molar refractivity (Wildman–Crippen MR) is 111 cm³/mol. The number of carbonyl (C=O) groups is 2. The molecule has 8 nitrogen and oxygen atoms in total. The second-order valence-corrected chi connectivity index (χ2v) is 8.29. The molecule has 152 valence electrons. The number of likely N-dealkylation sites (tertiary alicyclic amines) is 1. The van der Waals surface area contributed by atoms with Gasteiger partial charge in [0.15, 0.2) is 5.13 Å². The quantitative estimate of drug-likeness (QED) is 0.677. The Hall–Kier alpha value is -2.65. The maximum atomic E-state index is 13.4. The number of hydrogen-bond acceptors (Lipinski definition) is 6. The maximum Gasteiger partial charge on any atom is 0.409 e. The monoisotopic (exact) mass is 433 g/mol. The minimum Gasteiger partial charge on any atom is -0.453 e. The van der Waals surface area contributed by atoms with Crippen LogP contribution in [0.5, 0.6) is 0 Å². The zero-order valence-corrected chi connectivity index (χ0v) is 17.4. The number of aromatic amines is 1. The summed E-state index contributed by atoms with van der Waals surface area (Å²) >= 11 is 7.53. The molecular formula is C19H20ClN5O3S. The van der Waals surface area contributed by atoms with E-state index in [-0.39, 0.29) is 17.9 Å². The summed E-state index contributed by atoms with van der Waals surface area (Å²) in [4.78, 5) is 40.2. The summed E-state index contributed by atoms with van der Waals surface area (Å²) in [7, 11) is 1.37. The lowest BCUT2D eigenvalue weighted by molar-refractivity contribution is -0.123. The lowest BCUT2D eigenvalue weighted by Crippen LogP contribution is -2.44. The molecule has 0 bridgehead atoms. The molecule has 0 radical (unpaired) electrons. The predicted octanol–water partition coefficient (Wildman–Crippen LogP) is 3.68. The molecule has 2 amide bonds. The van der Waals surface area contributed by atoms with Crippen LogP contribution in [0, 0.1) is 5.92 Å². The third-order valence-electron chi connectivity index (χ3n) is 5.00. The molecule has 0 aliphatic carbocycles. The summed E-state index contributed by atoms with van der Waals surface area (Å²) < 4.78 is 5.70. The largest absolute Gasteiger partial charge is 0.453 e. The van der Waals surface area contributed by atoms with Crippen molar-refractivity contribution in [3.05, 3.63) is 41.4 Å². The van der Waals surface area contributed by atoms with E-state index in [0.717, 1.165) is 15.9 Å². The number of fused-ring (bicyclic) bond motifs is 1. The van der Waals surface area contributed by atoms with Crippen molar-refractivity contribution in [2.24, 2.45) is 5.92 Å². The minimum atomic E-state index is -0.353. The Morgan fingerprint density at radius 1 is 1.38 bits per heavy atom. The number of aromatic nitrogens is 3. The van der Waals surface area contributed by atoms with Crippen LogP contribution in [0.2, 0.25) is 5.02 Å². The van der Waals surface area contributed by atoms with E-state index in [0.29, 0.717) is 42.6 Å². The number of imidazole rings is 1. The number of nitrogens with zero attached hydrogens (tertiary/aromatic N) is 4. The maximum absolute atomic E-state index is 13.4. The highest BCUT2D eigenvalue weighted by molar-refractivity contribution is 7.22. The van der Waals surface area contributed by atoms with Crippen LogP contribution in [-0.2, 0) is 16.1 Å². The number of rotatable bonds is 4. The van der Waals surface area contributed by atoms with Crippen LogP contribution in [0.1, 0.15) is 18.5 Å². The van der Waals surface area contributed by atoms with E-state index in [2.05, 4.69) is 15.0 Å². The van der Waals surface area contributed by atoms with E-state index in [1.165, 1.54) is 18.4 Å². The molecule has 1 N–H and O–H groups in total. The van der Waals surface area contributed by atoms with Crippen molar-refractivity contribution in [3.63, 3.8) is 0 Å². The number of carbonyl (C=O) groups excluding carboxylic acids is 2. The first-order valence-electron chi connectivity index (χ1n) is 9.23. The molecule has 0 spiro atoms. The Balaban J connectivity index is 1.58. The first-order chi connectivity index (χ1) is 14.0. The topological polar surface area (TPSA) is 91.4 Å². The van der Waals surface area contributed by atoms with E-state index < -0.39 is 0 Å². The fraction of sp³-hybridized carbons (Fsp3) is 0.368. The number of amides is 2. The molecule has 10 heteroatoms. The van der Waals surface area contributed by atoms with Crippen molar-refractivity contribution in [2.75, 3.05) is 25.1 Å². The Morgan fingerprint density at radius 3 is 2.86 bits per heavy atom. The standard InChI is InChI=1S/C19H20ClN5O3S/c1-28-19(27)24-6-4-12(5-7-24)17(26)25(10-14-9-21-11-22-14)18-23-15-3-2-13(20)8-16(15)29-18/h2-3,8-9,11-12H,4-7,10H2,1H3,(H,21,22). The zero-order valence-electron chi connectivity index (χ0n) is 15.8. The number of anilines is 1. The number of halogens is 1. The minimum absolute atomic E-state index is 0.00531. The number of ether oxygens (including phenoxy) is 1. The summed E-state index contributed by atoms with van der Waals surface area (Å²) in [5, 5.41) is 1.26. The van der Waals surface area contributed by atoms with Gasteiger partial charge in [0.1, 0.15) is 0 Å². The molecule has 0 atom stereocenters. The Morgan fingerprint density at radius 2 is 2.17 bits per heavy atom. The van der Waals surface area contributed by atoms with E-state index in [9.17, 15) is 9.59 Å². The smallest absolute Gasteiger partial charge is 0.409 e. The van der Waals surface area contributed by atoms with Gasteiger partial charge in [-0.05, 0) is 31.0 Å². The SMILES string of the molecule is COC(=O)N1CCC(C(=O)N(Cc2cnc[nH]2)c2nc3ccc(Cl)cc3s2)CC1. The fourth-order valence-electron chi connectivity index (χ4n) is 3.44. The second-order valence-electron chi connectivity index (χ2n) is 6.84. The normalized spacial score (nSPS) is 14.9. The van der Waals surface area contributed by atoms with Gasteiger partial charge in [0.05, 0.1) is 35.9 Å². The average molecular weight is 434 g/mol. The Labute approximate surface area is 176 Å². The van der Waals surface area contributed by atoms with E-state index in [4.69, 9.17) is 16.3 Å². The van der Waals surface area contributed by atoms with E-state index in [1.54, 1.807) is 28.4 Å². The highest BCUT2D eigenvalue weighted by Crippen LogP contribution is 2.33. The summed E-state index contributed by atoms with van der Waals surface area (Å²) in [6, 6.07) is 5.49. The Bertz CT molecular complexity index is 1010.